The Morgan fingerprint density at radius 3 is 1.00 bits per heavy atom. The van der Waals surface area contributed by atoms with Crippen LogP contribution in [0.25, 0.3) is 0 Å². The van der Waals surface area contributed by atoms with Gasteiger partial charge < -0.3 is 0 Å². The summed E-state index contributed by atoms with van der Waals surface area (Å²) < 4.78 is 68.3. The second-order valence-corrected chi connectivity index (χ2v) is 16.9. The fourth-order valence-corrected chi connectivity index (χ4v) is 23.0. The third-order valence-corrected chi connectivity index (χ3v) is 21.7. The molecule has 3 N–H and O–H groups in total. The second-order valence-electron chi connectivity index (χ2n) is 1.65. The van der Waals surface area contributed by atoms with Crippen LogP contribution in [0.15, 0.2) is 0 Å². The van der Waals surface area contributed by atoms with Crippen LogP contribution < -0.4 is 0 Å². The normalized spacial score (nSPS) is 55.2. The Bertz CT molecular complexity index is 254. The van der Waals surface area contributed by atoms with Crippen LogP contribution in [0.4, 0.5) is 0 Å². The maximum atomic E-state index is 10.6. The van der Waals surface area contributed by atoms with Crippen molar-refractivity contribution in [3.8, 4) is 0 Å². The Kier molecular flexibility index (Phi) is 3.06. The first-order valence-corrected chi connectivity index (χ1v) is 13.3. The molecule has 1 saturated heterocycles. The molecule has 0 radical (unpaired) electrons. The van der Waals surface area contributed by atoms with Gasteiger partial charge in [0.2, 0.25) is 0 Å². The molecule has 9 nitrogen and oxygen atoms in total. The molecule has 12 heteroatoms. The van der Waals surface area contributed by atoms with E-state index in [0.29, 0.717) is 0 Å². The quantitative estimate of drug-likeness (QED) is 0.367. The van der Waals surface area contributed by atoms with Gasteiger partial charge in [0.25, 0.3) is 0 Å². The van der Waals surface area contributed by atoms with Crippen LogP contribution in [-0.4, -0.2) is 10.8 Å². The topological polar surface area (TPSA) is 140 Å². The van der Waals surface area contributed by atoms with Crippen LogP contribution in [0.1, 0.15) is 0 Å². The van der Waals surface area contributed by atoms with E-state index in [1.807, 2.05) is 0 Å². The predicted octanol–water partition coefficient (Wildman–Crippen LogP) is -2.24. The molecule has 0 aromatic rings. The average Bonchev–Trinajstić information content (AvgIpc) is 1.44. The van der Waals surface area contributed by atoms with Gasteiger partial charge >= 0.3 is 80.7 Å². The van der Waals surface area contributed by atoms with Crippen molar-refractivity contribution in [3.63, 3.8) is 0 Å². The SMILES string of the molecule is [O]=[Nb]1([OH])[O][Nb](=[O])([OH])[O][Nb](=[O])([OH])[O]1. The molecule has 0 unspecified atom stereocenters. The summed E-state index contributed by atoms with van der Waals surface area (Å²) in [4.78, 5) is 0. The van der Waals surface area contributed by atoms with Gasteiger partial charge in [-0.15, -0.1) is 0 Å². The van der Waals surface area contributed by atoms with Gasteiger partial charge in [0.05, 0.1) is 0 Å². The van der Waals surface area contributed by atoms with E-state index in [-0.39, 0.29) is 0 Å². The molecule has 0 aromatic carbocycles. The minimum atomic E-state index is -5.80. The van der Waals surface area contributed by atoms with E-state index in [1.165, 1.54) is 0 Å². The van der Waals surface area contributed by atoms with Crippen molar-refractivity contribution in [2.24, 2.45) is 0 Å². The molecule has 1 fully saturated rings. The zero-order valence-electron chi connectivity index (χ0n) is 5.13. The Balaban J connectivity index is 3.05. The van der Waals surface area contributed by atoms with Crippen molar-refractivity contribution < 1.29 is 80.7 Å². The molecule has 0 spiro atoms. The summed E-state index contributed by atoms with van der Waals surface area (Å²) in [5.74, 6) is 0. The van der Waals surface area contributed by atoms with Crippen LogP contribution in [0.2, 0.25) is 0 Å². The fraction of sp³-hybridized carbons (Fsp3) is 0. The maximum absolute atomic E-state index is 10.6. The van der Waals surface area contributed by atoms with E-state index in [0.717, 1.165) is 0 Å². The fourth-order valence-electron chi connectivity index (χ4n) is 0.436. The average molecular weight is 426 g/mol. The van der Waals surface area contributed by atoms with Gasteiger partial charge in [0.1, 0.15) is 0 Å². The first-order valence-electron chi connectivity index (χ1n) is 2.24. The van der Waals surface area contributed by atoms with Crippen LogP contribution in [0.5, 0.6) is 0 Å². The van der Waals surface area contributed by atoms with E-state index < -0.39 is 54.9 Å². The standard InChI is InChI=1S/3Nb.3H2O.6O/h;;;3*1H2;;;;;;/q3*+1;;;;;;;;;/p-3. The Morgan fingerprint density at radius 2 is 0.833 bits per heavy atom. The van der Waals surface area contributed by atoms with Gasteiger partial charge in [-0.05, 0) is 0 Å². The van der Waals surface area contributed by atoms with E-state index in [1.54, 1.807) is 0 Å². The minimum absolute atomic E-state index is 3.64. The van der Waals surface area contributed by atoms with Gasteiger partial charge in [-0.3, -0.25) is 0 Å². The predicted molar refractivity (Wildman–Crippen MR) is 12.0 cm³/mol. The van der Waals surface area contributed by atoms with Crippen LogP contribution >= 0.6 is 0 Å². The molecule has 72 valence electrons. The van der Waals surface area contributed by atoms with Crippen molar-refractivity contribution in [2.45, 2.75) is 0 Å². The van der Waals surface area contributed by atoms with Gasteiger partial charge in [-0.25, -0.2) is 0 Å². The number of hydrogen-bond acceptors (Lipinski definition) is 6. The molecule has 1 heterocycles. The van der Waals surface area contributed by atoms with Crippen molar-refractivity contribution in [3.05, 3.63) is 0 Å². The zero-order valence-corrected chi connectivity index (χ0v) is 11.7. The zero-order chi connectivity index (χ0) is 9.62. The summed E-state index contributed by atoms with van der Waals surface area (Å²) in [6.07, 6.45) is 0. The van der Waals surface area contributed by atoms with Gasteiger partial charge in [-0.1, -0.05) is 0 Å². The van der Waals surface area contributed by atoms with Gasteiger partial charge in [0, 0.05) is 0 Å². The molecule has 1 rings (SSSR count). The van der Waals surface area contributed by atoms with Crippen molar-refractivity contribution >= 4 is 0 Å². The molecule has 12 heavy (non-hydrogen) atoms. The van der Waals surface area contributed by atoms with E-state index >= 15 is 0 Å². The molecule has 1 aliphatic heterocycles. The third kappa shape index (κ3) is 3.27. The second kappa shape index (κ2) is 3.20. The van der Waals surface area contributed by atoms with E-state index in [2.05, 4.69) is 5.26 Å². The van der Waals surface area contributed by atoms with Gasteiger partial charge in [0.15, 0.2) is 0 Å². The van der Waals surface area contributed by atoms with Crippen LogP contribution in [-0.2, 0) is 69.9 Å². The molecule has 1 aliphatic rings. The van der Waals surface area contributed by atoms with Crippen LogP contribution in [0, 0.1) is 0 Å². The Morgan fingerprint density at radius 1 is 0.667 bits per heavy atom. The molecular weight excluding hydrogens is 423 g/mol. The summed E-state index contributed by atoms with van der Waals surface area (Å²) in [6, 6.07) is 0. The summed E-state index contributed by atoms with van der Waals surface area (Å²) in [5, 5.41) is 0. The number of rotatable bonds is 0. The summed E-state index contributed by atoms with van der Waals surface area (Å²) in [7, 11) is 0. The summed E-state index contributed by atoms with van der Waals surface area (Å²) in [6.45, 7) is 0. The molecule has 0 atom stereocenters. The van der Waals surface area contributed by atoms with Crippen molar-refractivity contribution in [1.29, 1.82) is 0 Å². The summed E-state index contributed by atoms with van der Waals surface area (Å²) >= 11 is -17.4. The van der Waals surface area contributed by atoms with Crippen molar-refractivity contribution in [2.75, 3.05) is 0 Å². The third-order valence-electron chi connectivity index (χ3n) is 0.619. The summed E-state index contributed by atoms with van der Waals surface area (Å²) in [5.41, 5.74) is 0. The van der Waals surface area contributed by atoms with E-state index in [4.69, 9.17) is 10.8 Å². The first kappa shape index (κ1) is 11.5. The molecular formula is H3Nb3O9. The molecule has 0 bridgehead atoms. The Labute approximate surface area is 79.9 Å². The van der Waals surface area contributed by atoms with Gasteiger partial charge in [-0.2, -0.15) is 0 Å². The van der Waals surface area contributed by atoms with E-state index in [9.17, 15) is 9.75 Å². The molecule has 0 saturated carbocycles. The van der Waals surface area contributed by atoms with Crippen molar-refractivity contribution in [1.82, 2.24) is 0 Å². The molecule has 0 aliphatic carbocycles. The Hall–Kier alpha value is 1.38. The first-order chi connectivity index (χ1) is 5.12. The monoisotopic (exact) mass is 426 g/mol. The van der Waals surface area contributed by atoms with Crippen LogP contribution in [0.3, 0.4) is 0 Å². The molecule has 0 aromatic heterocycles. The molecule has 0 amide bonds. The number of hydrogen-bond donors (Lipinski definition) is 3.